The van der Waals surface area contributed by atoms with E-state index in [4.69, 9.17) is 22.4 Å². The van der Waals surface area contributed by atoms with E-state index in [1.165, 1.54) is 0 Å². The number of nitrogens with two attached hydrogens (primary N) is 1. The van der Waals surface area contributed by atoms with Crippen molar-refractivity contribution in [2.24, 2.45) is 5.73 Å². The molecule has 0 fully saturated rings. The van der Waals surface area contributed by atoms with Crippen LogP contribution in [0.25, 0.3) is 0 Å². The zero-order valence-electron chi connectivity index (χ0n) is 9.40. The number of aliphatic carboxylic acids is 1. The first-order valence-electron chi connectivity index (χ1n) is 5.09. The lowest BCUT2D eigenvalue weighted by atomic mass is 9.74. The van der Waals surface area contributed by atoms with Gasteiger partial charge in [0.2, 0.25) is 0 Å². The van der Waals surface area contributed by atoms with Gasteiger partial charge in [-0.25, -0.2) is 0 Å². The Kier molecular flexibility index (Phi) is 3.94. The Hall–Kier alpha value is -1.06. The topological polar surface area (TPSA) is 63.3 Å². The van der Waals surface area contributed by atoms with Gasteiger partial charge in [0.25, 0.3) is 0 Å². The molecule has 1 aromatic rings. The van der Waals surface area contributed by atoms with E-state index in [9.17, 15) is 4.79 Å². The number of benzene rings is 1. The average molecular weight is 242 g/mol. The fourth-order valence-corrected chi connectivity index (χ4v) is 1.87. The Morgan fingerprint density at radius 1 is 1.62 bits per heavy atom. The molecule has 0 heterocycles. The molecule has 88 valence electrons. The molecular weight excluding hydrogens is 226 g/mol. The summed E-state index contributed by atoms with van der Waals surface area (Å²) in [6.07, 6.45) is -0.00892. The summed E-state index contributed by atoms with van der Waals surface area (Å²) in [4.78, 5) is 10.9. The van der Waals surface area contributed by atoms with Crippen molar-refractivity contribution in [1.29, 1.82) is 0 Å². The summed E-state index contributed by atoms with van der Waals surface area (Å²) in [5.41, 5.74) is 6.15. The fourth-order valence-electron chi connectivity index (χ4n) is 1.68. The summed E-state index contributed by atoms with van der Waals surface area (Å²) in [5.74, 6) is -0.861. The van der Waals surface area contributed by atoms with Crippen molar-refractivity contribution in [2.45, 2.75) is 31.7 Å². The second kappa shape index (κ2) is 4.85. The molecule has 0 bridgehead atoms. The number of rotatable bonds is 4. The molecule has 0 aliphatic heterocycles. The molecule has 0 aliphatic carbocycles. The van der Waals surface area contributed by atoms with Gasteiger partial charge >= 0.3 is 5.97 Å². The van der Waals surface area contributed by atoms with Crippen LogP contribution in [0.15, 0.2) is 24.3 Å². The number of carboxylic acids is 1. The molecule has 2 atom stereocenters. The van der Waals surface area contributed by atoms with E-state index < -0.39 is 11.4 Å². The summed E-state index contributed by atoms with van der Waals surface area (Å²) < 4.78 is 0. The average Bonchev–Trinajstić information content (AvgIpc) is 2.16. The highest BCUT2D eigenvalue weighted by atomic mass is 35.5. The zero-order chi connectivity index (χ0) is 12.3. The molecule has 0 aromatic heterocycles. The van der Waals surface area contributed by atoms with Crippen molar-refractivity contribution in [2.75, 3.05) is 0 Å². The lowest BCUT2D eigenvalue weighted by Crippen LogP contribution is -2.42. The molecule has 0 saturated heterocycles. The Labute approximate surface area is 100 Å². The van der Waals surface area contributed by atoms with Crippen LogP contribution < -0.4 is 5.73 Å². The smallest absolute Gasteiger partial charge is 0.304 e. The van der Waals surface area contributed by atoms with Crippen LogP contribution in [-0.4, -0.2) is 17.1 Å². The Bertz CT molecular complexity index is 392. The maximum Gasteiger partial charge on any atom is 0.304 e. The zero-order valence-corrected chi connectivity index (χ0v) is 10.2. The van der Waals surface area contributed by atoms with Crippen LogP contribution in [-0.2, 0) is 10.2 Å². The maximum absolute atomic E-state index is 10.9. The van der Waals surface area contributed by atoms with Crippen LogP contribution in [0.4, 0.5) is 0 Å². The molecule has 3 nitrogen and oxygen atoms in total. The van der Waals surface area contributed by atoms with E-state index in [0.717, 1.165) is 5.56 Å². The van der Waals surface area contributed by atoms with Gasteiger partial charge in [0.15, 0.2) is 0 Å². The molecule has 0 radical (unpaired) electrons. The normalized spacial score (nSPS) is 16.5. The molecule has 16 heavy (non-hydrogen) atoms. The third-order valence-electron chi connectivity index (χ3n) is 3.01. The van der Waals surface area contributed by atoms with Gasteiger partial charge in [-0.05, 0) is 24.6 Å². The van der Waals surface area contributed by atoms with Crippen LogP contribution in [0, 0.1) is 0 Å². The summed E-state index contributed by atoms with van der Waals surface area (Å²) in [5, 5.41) is 9.53. The van der Waals surface area contributed by atoms with Crippen LogP contribution in [0.5, 0.6) is 0 Å². The van der Waals surface area contributed by atoms with E-state index in [0.29, 0.717) is 5.02 Å². The first-order chi connectivity index (χ1) is 7.36. The summed E-state index contributed by atoms with van der Waals surface area (Å²) in [6.45, 7) is 3.65. The number of carbonyl (C=O) groups is 1. The second-order valence-electron chi connectivity index (χ2n) is 4.29. The predicted molar refractivity (Wildman–Crippen MR) is 64.7 cm³/mol. The van der Waals surface area contributed by atoms with Crippen LogP contribution in [0.3, 0.4) is 0 Å². The van der Waals surface area contributed by atoms with E-state index in [1.54, 1.807) is 18.2 Å². The highest BCUT2D eigenvalue weighted by molar-refractivity contribution is 6.30. The highest BCUT2D eigenvalue weighted by Crippen LogP contribution is 2.31. The lowest BCUT2D eigenvalue weighted by Gasteiger charge is -2.32. The van der Waals surface area contributed by atoms with Crippen molar-refractivity contribution in [3.63, 3.8) is 0 Å². The van der Waals surface area contributed by atoms with Gasteiger partial charge < -0.3 is 10.8 Å². The molecule has 3 N–H and O–H groups in total. The van der Waals surface area contributed by atoms with Crippen molar-refractivity contribution < 1.29 is 9.90 Å². The number of hydrogen-bond donors (Lipinski definition) is 2. The molecule has 0 aliphatic rings. The van der Waals surface area contributed by atoms with Gasteiger partial charge in [0.05, 0.1) is 6.42 Å². The molecule has 0 amide bonds. The minimum absolute atomic E-state index is 0.00892. The fraction of sp³-hybridized carbons (Fsp3) is 0.417. The van der Waals surface area contributed by atoms with E-state index in [-0.39, 0.29) is 12.5 Å². The second-order valence-corrected chi connectivity index (χ2v) is 4.72. The summed E-state index contributed by atoms with van der Waals surface area (Å²) in [7, 11) is 0. The monoisotopic (exact) mass is 241 g/mol. The van der Waals surface area contributed by atoms with Gasteiger partial charge in [-0.3, -0.25) is 4.79 Å². The first kappa shape index (κ1) is 13.0. The van der Waals surface area contributed by atoms with Crippen molar-refractivity contribution in [3.8, 4) is 0 Å². The van der Waals surface area contributed by atoms with Crippen molar-refractivity contribution >= 4 is 17.6 Å². The lowest BCUT2D eigenvalue weighted by molar-refractivity contribution is -0.138. The SMILES string of the molecule is CC(N)C(C)(CC(=O)O)c1cccc(Cl)c1. The van der Waals surface area contributed by atoms with Crippen LogP contribution >= 0.6 is 11.6 Å². The van der Waals surface area contributed by atoms with E-state index in [1.807, 2.05) is 19.9 Å². The summed E-state index contributed by atoms with van der Waals surface area (Å²) in [6, 6.07) is 6.93. The highest BCUT2D eigenvalue weighted by Gasteiger charge is 2.33. The Morgan fingerprint density at radius 2 is 2.25 bits per heavy atom. The number of hydrogen-bond acceptors (Lipinski definition) is 2. The summed E-state index contributed by atoms with van der Waals surface area (Å²) >= 11 is 5.90. The van der Waals surface area contributed by atoms with Gasteiger partial charge in [0.1, 0.15) is 0 Å². The Morgan fingerprint density at radius 3 is 2.69 bits per heavy atom. The predicted octanol–water partition coefficient (Wildman–Crippen LogP) is 2.42. The van der Waals surface area contributed by atoms with E-state index >= 15 is 0 Å². The minimum atomic E-state index is -0.861. The molecule has 0 saturated carbocycles. The van der Waals surface area contributed by atoms with Crippen molar-refractivity contribution in [1.82, 2.24) is 0 Å². The molecule has 4 heteroatoms. The van der Waals surface area contributed by atoms with Crippen LogP contribution in [0.1, 0.15) is 25.8 Å². The molecular formula is C12H16ClNO2. The first-order valence-corrected chi connectivity index (χ1v) is 5.47. The standard InChI is InChI=1S/C12H16ClNO2/c1-8(14)12(2,7-11(15)16)9-4-3-5-10(13)6-9/h3-6,8H,7,14H2,1-2H3,(H,15,16). The third kappa shape index (κ3) is 2.74. The quantitative estimate of drug-likeness (QED) is 0.851. The van der Waals surface area contributed by atoms with Crippen LogP contribution in [0.2, 0.25) is 5.02 Å². The molecule has 2 unspecified atom stereocenters. The number of halogens is 1. The molecule has 0 spiro atoms. The van der Waals surface area contributed by atoms with Gasteiger partial charge in [-0.2, -0.15) is 0 Å². The number of carboxylic acid groups (broad SMARTS) is 1. The van der Waals surface area contributed by atoms with Gasteiger partial charge in [0, 0.05) is 16.5 Å². The molecule has 1 aromatic carbocycles. The van der Waals surface area contributed by atoms with Crippen molar-refractivity contribution in [3.05, 3.63) is 34.9 Å². The van der Waals surface area contributed by atoms with Gasteiger partial charge in [-0.1, -0.05) is 30.7 Å². The third-order valence-corrected chi connectivity index (χ3v) is 3.24. The molecule has 1 rings (SSSR count). The van der Waals surface area contributed by atoms with E-state index in [2.05, 4.69) is 0 Å². The maximum atomic E-state index is 10.9. The Balaban J connectivity index is 3.16. The van der Waals surface area contributed by atoms with Gasteiger partial charge in [-0.15, -0.1) is 0 Å². The minimum Gasteiger partial charge on any atom is -0.481 e. The largest absolute Gasteiger partial charge is 0.481 e.